The van der Waals surface area contributed by atoms with Gasteiger partial charge in [0.2, 0.25) is 0 Å². The largest absolute Gasteiger partial charge is 0.465 e. The quantitative estimate of drug-likeness (QED) is 0.755. The predicted molar refractivity (Wildman–Crippen MR) is 64.4 cm³/mol. The minimum Gasteiger partial charge on any atom is -0.465 e. The Morgan fingerprint density at radius 2 is 1.78 bits per heavy atom. The molecule has 0 bridgehead atoms. The van der Waals surface area contributed by atoms with Crippen molar-refractivity contribution in [2.45, 2.75) is 0 Å². The van der Waals surface area contributed by atoms with Gasteiger partial charge in [-0.1, -0.05) is 6.07 Å². The van der Waals surface area contributed by atoms with E-state index in [4.69, 9.17) is 4.74 Å². The maximum atomic E-state index is 11.8. The number of carbonyl (C=O) groups excluding carboxylic acids is 2. The van der Waals surface area contributed by atoms with Gasteiger partial charge in [-0.2, -0.15) is 0 Å². The number of methoxy groups -OCH3 is 2. The fourth-order valence-corrected chi connectivity index (χ4v) is 1.75. The minimum absolute atomic E-state index is 0.171. The van der Waals surface area contributed by atoms with E-state index < -0.39 is 11.9 Å². The molecule has 0 saturated carbocycles. The number of ether oxygens (including phenoxy) is 2. The van der Waals surface area contributed by atoms with Crippen molar-refractivity contribution in [2.24, 2.45) is 0 Å². The van der Waals surface area contributed by atoms with Crippen molar-refractivity contribution in [3.8, 4) is 0 Å². The molecule has 2 rings (SSSR count). The second-order valence-electron chi connectivity index (χ2n) is 3.54. The topological polar surface area (TPSA) is 65.5 Å². The number of benzene rings is 1. The number of carbonyl (C=O) groups is 2. The summed E-state index contributed by atoms with van der Waals surface area (Å²) in [5.41, 5.74) is 0.963. The highest BCUT2D eigenvalue weighted by molar-refractivity contribution is 6.12. The van der Waals surface area contributed by atoms with E-state index in [-0.39, 0.29) is 11.1 Å². The van der Waals surface area contributed by atoms with E-state index in [0.29, 0.717) is 10.9 Å². The Bertz CT molecular complexity index is 621. The smallest absolute Gasteiger partial charge is 0.339 e. The SMILES string of the molecule is COC(=O)c1ccc2ncccc2c1C(=O)OC. The van der Waals surface area contributed by atoms with E-state index in [0.717, 1.165) is 0 Å². The van der Waals surface area contributed by atoms with Crippen LogP contribution >= 0.6 is 0 Å². The molecule has 0 aliphatic heterocycles. The summed E-state index contributed by atoms with van der Waals surface area (Å²) in [6.45, 7) is 0. The molecule has 0 spiro atoms. The second-order valence-corrected chi connectivity index (χ2v) is 3.54. The highest BCUT2D eigenvalue weighted by atomic mass is 16.5. The van der Waals surface area contributed by atoms with Crippen LogP contribution < -0.4 is 0 Å². The molecule has 18 heavy (non-hydrogen) atoms. The van der Waals surface area contributed by atoms with Crippen LogP contribution in [0.25, 0.3) is 10.9 Å². The molecule has 0 atom stereocenters. The average Bonchev–Trinajstić information content (AvgIpc) is 2.44. The summed E-state index contributed by atoms with van der Waals surface area (Å²) in [5.74, 6) is -1.17. The molecule has 1 aromatic heterocycles. The maximum Gasteiger partial charge on any atom is 0.339 e. The van der Waals surface area contributed by atoms with Gasteiger partial charge in [-0.15, -0.1) is 0 Å². The van der Waals surface area contributed by atoms with Crippen LogP contribution in [0.1, 0.15) is 20.7 Å². The zero-order valence-electron chi connectivity index (χ0n) is 9.97. The van der Waals surface area contributed by atoms with Crippen LogP contribution in [0.4, 0.5) is 0 Å². The minimum atomic E-state index is -0.589. The van der Waals surface area contributed by atoms with E-state index in [1.54, 1.807) is 24.4 Å². The molecule has 0 N–H and O–H groups in total. The first-order valence-electron chi connectivity index (χ1n) is 5.23. The average molecular weight is 245 g/mol. The van der Waals surface area contributed by atoms with Gasteiger partial charge in [-0.05, 0) is 18.2 Å². The summed E-state index contributed by atoms with van der Waals surface area (Å²) in [5, 5.41) is 0.562. The van der Waals surface area contributed by atoms with Gasteiger partial charge in [-0.3, -0.25) is 4.98 Å². The molecule has 0 saturated heterocycles. The number of rotatable bonds is 2. The molecule has 0 unspecified atom stereocenters. The fraction of sp³-hybridized carbons (Fsp3) is 0.154. The van der Waals surface area contributed by atoms with Crippen molar-refractivity contribution >= 4 is 22.8 Å². The van der Waals surface area contributed by atoms with Gasteiger partial charge in [-0.25, -0.2) is 9.59 Å². The fourth-order valence-electron chi connectivity index (χ4n) is 1.75. The van der Waals surface area contributed by atoms with Gasteiger partial charge >= 0.3 is 11.9 Å². The number of esters is 2. The third kappa shape index (κ3) is 1.90. The normalized spacial score (nSPS) is 10.1. The van der Waals surface area contributed by atoms with Crippen LogP contribution in [0.2, 0.25) is 0 Å². The van der Waals surface area contributed by atoms with Crippen molar-refractivity contribution in [3.63, 3.8) is 0 Å². The van der Waals surface area contributed by atoms with Gasteiger partial charge in [0.05, 0.1) is 30.9 Å². The third-order valence-electron chi connectivity index (χ3n) is 2.58. The van der Waals surface area contributed by atoms with Crippen LogP contribution in [-0.4, -0.2) is 31.1 Å². The lowest BCUT2D eigenvalue weighted by molar-refractivity contribution is 0.0557. The third-order valence-corrected chi connectivity index (χ3v) is 2.58. The van der Waals surface area contributed by atoms with Crippen molar-refractivity contribution in [1.29, 1.82) is 0 Å². The van der Waals surface area contributed by atoms with Crippen molar-refractivity contribution < 1.29 is 19.1 Å². The first-order chi connectivity index (χ1) is 8.69. The molecule has 92 valence electrons. The number of fused-ring (bicyclic) bond motifs is 1. The van der Waals surface area contributed by atoms with Crippen LogP contribution in [0.3, 0.4) is 0 Å². The monoisotopic (exact) mass is 245 g/mol. The van der Waals surface area contributed by atoms with Gasteiger partial charge < -0.3 is 9.47 Å². The number of nitrogens with zero attached hydrogens (tertiary/aromatic N) is 1. The molecular formula is C13H11NO4. The zero-order valence-corrected chi connectivity index (χ0v) is 9.97. The van der Waals surface area contributed by atoms with Crippen LogP contribution in [0, 0.1) is 0 Å². The molecule has 0 aliphatic carbocycles. The molecule has 5 heteroatoms. The molecule has 5 nitrogen and oxygen atoms in total. The van der Waals surface area contributed by atoms with Gasteiger partial charge in [0.25, 0.3) is 0 Å². The summed E-state index contributed by atoms with van der Waals surface area (Å²) in [6, 6.07) is 6.57. The van der Waals surface area contributed by atoms with Crippen molar-refractivity contribution in [1.82, 2.24) is 4.98 Å². The molecule has 0 aliphatic rings. The Morgan fingerprint density at radius 1 is 1.06 bits per heavy atom. The maximum absolute atomic E-state index is 11.8. The molecule has 0 fully saturated rings. The van der Waals surface area contributed by atoms with Crippen molar-refractivity contribution in [3.05, 3.63) is 41.6 Å². The van der Waals surface area contributed by atoms with E-state index in [1.807, 2.05) is 0 Å². The van der Waals surface area contributed by atoms with Crippen LogP contribution in [0.15, 0.2) is 30.5 Å². The van der Waals surface area contributed by atoms with Crippen molar-refractivity contribution in [2.75, 3.05) is 14.2 Å². The molecule has 2 aromatic rings. The lowest BCUT2D eigenvalue weighted by Crippen LogP contribution is -2.12. The summed E-state index contributed by atoms with van der Waals surface area (Å²) in [7, 11) is 2.52. The standard InChI is InChI=1S/C13H11NO4/c1-17-12(15)9-5-6-10-8(4-3-7-14-10)11(9)13(16)18-2/h3-7H,1-2H3. The summed E-state index contributed by atoms with van der Waals surface area (Å²) in [6.07, 6.45) is 1.61. The van der Waals surface area contributed by atoms with E-state index in [2.05, 4.69) is 9.72 Å². The summed E-state index contributed by atoms with van der Waals surface area (Å²) in [4.78, 5) is 27.6. The number of hydrogen-bond donors (Lipinski definition) is 0. The molecule has 1 heterocycles. The van der Waals surface area contributed by atoms with Gasteiger partial charge in [0.1, 0.15) is 0 Å². The number of hydrogen-bond acceptors (Lipinski definition) is 5. The van der Waals surface area contributed by atoms with E-state index >= 15 is 0 Å². The molecular weight excluding hydrogens is 234 g/mol. The Hall–Kier alpha value is -2.43. The Labute approximate surface area is 103 Å². The Balaban J connectivity index is 2.79. The van der Waals surface area contributed by atoms with Gasteiger partial charge in [0.15, 0.2) is 0 Å². The zero-order chi connectivity index (χ0) is 13.1. The van der Waals surface area contributed by atoms with E-state index in [9.17, 15) is 9.59 Å². The lowest BCUT2D eigenvalue weighted by atomic mass is 10.0. The Morgan fingerprint density at radius 3 is 2.44 bits per heavy atom. The van der Waals surface area contributed by atoms with Gasteiger partial charge in [0, 0.05) is 11.6 Å². The number of pyridine rings is 1. The summed E-state index contributed by atoms with van der Waals surface area (Å²) < 4.78 is 9.36. The van der Waals surface area contributed by atoms with Crippen LogP contribution in [-0.2, 0) is 9.47 Å². The molecule has 0 amide bonds. The first-order valence-corrected chi connectivity index (χ1v) is 5.23. The first kappa shape index (κ1) is 12.0. The predicted octanol–water partition coefficient (Wildman–Crippen LogP) is 1.81. The second kappa shape index (κ2) is 4.83. The number of aromatic nitrogens is 1. The van der Waals surface area contributed by atoms with E-state index in [1.165, 1.54) is 20.3 Å². The highest BCUT2D eigenvalue weighted by Gasteiger charge is 2.21. The Kier molecular flexibility index (Phi) is 3.23. The highest BCUT2D eigenvalue weighted by Crippen LogP contribution is 2.22. The molecule has 0 radical (unpaired) electrons. The lowest BCUT2D eigenvalue weighted by Gasteiger charge is -2.09. The summed E-state index contributed by atoms with van der Waals surface area (Å²) >= 11 is 0. The van der Waals surface area contributed by atoms with Crippen LogP contribution in [0.5, 0.6) is 0 Å². The molecule has 1 aromatic carbocycles.